The Morgan fingerprint density at radius 1 is 0.265 bits per heavy atom. The number of carbonyl (C=O) groups is 3. The maximum Gasteiger partial charge on any atom is 0.332 e. The van der Waals surface area contributed by atoms with E-state index in [4.69, 9.17) is 123 Å². The van der Waals surface area contributed by atoms with E-state index < -0.39 is 54.5 Å². The van der Waals surface area contributed by atoms with Gasteiger partial charge < -0.3 is 123 Å². The highest BCUT2D eigenvalue weighted by Gasteiger charge is 2.33. The molecule has 674 valence electrons. The average Bonchev–Trinajstić information content (AvgIpc) is 0.799. The number of sulfone groups is 2. The number of hydrogen-bond acceptors (Lipinski definition) is 33. The highest BCUT2D eigenvalue weighted by Crippen LogP contribution is 2.24. The van der Waals surface area contributed by atoms with Crippen molar-refractivity contribution in [2.45, 2.75) is 62.9 Å². The Balaban J connectivity index is 0.911. The molecule has 3 aromatic rings. The summed E-state index contributed by atoms with van der Waals surface area (Å²) in [5.74, 6) is -4.04. The number of hydrogen-bond donors (Lipinski definition) is 0. The van der Waals surface area contributed by atoms with E-state index in [0.29, 0.717) is 336 Å². The smallest absolute Gasteiger partial charge is 0.332 e. The van der Waals surface area contributed by atoms with Gasteiger partial charge in [0.15, 0.2) is 31.2 Å². The molecule has 35 heteroatoms. The maximum absolute atomic E-state index is 13.9. The zero-order valence-electron chi connectivity index (χ0n) is 70.0. The Morgan fingerprint density at radius 2 is 0.453 bits per heavy atom. The summed E-state index contributed by atoms with van der Waals surface area (Å²) in [5, 5.41) is 0. The van der Waals surface area contributed by atoms with Crippen LogP contribution in [0.25, 0.3) is 0 Å². The SMILES string of the molecule is Cc1ccc(S(=O)(=O)CC(CS(=O)(=O)c2ccc(C)cc2)C(=O)c2ccc(C(=O)CCCOCCOCCOCCOCCOCCOCCOCCOCCOCCOCCOCCOCCOCCOCCOCCOCCOCCOCCOCCOCCOCCOCCOCCOCCOCC(=O)OC(C)(C)C)cc2)cc1. The van der Waals surface area contributed by atoms with Crippen molar-refractivity contribution in [1.29, 1.82) is 0 Å². The summed E-state index contributed by atoms with van der Waals surface area (Å²) in [6.45, 7) is 30.6. The van der Waals surface area contributed by atoms with Gasteiger partial charge in [0.25, 0.3) is 0 Å². The lowest BCUT2D eigenvalue weighted by atomic mass is 9.98. The van der Waals surface area contributed by atoms with Gasteiger partial charge in [0, 0.05) is 24.2 Å². The Bertz CT molecular complexity index is 2960. The van der Waals surface area contributed by atoms with E-state index in [2.05, 4.69) is 0 Å². The number of benzene rings is 3. The number of esters is 1. The first kappa shape index (κ1) is 107. The molecule has 0 aromatic heterocycles. The van der Waals surface area contributed by atoms with Crippen LogP contribution in [0.3, 0.4) is 0 Å². The molecule has 0 fully saturated rings. The lowest BCUT2D eigenvalue weighted by Crippen LogP contribution is -2.31. The van der Waals surface area contributed by atoms with Crippen molar-refractivity contribution in [3.05, 3.63) is 95.1 Å². The van der Waals surface area contributed by atoms with Crippen molar-refractivity contribution in [3.8, 4) is 0 Å². The Hall–Kier alpha value is -4.63. The van der Waals surface area contributed by atoms with Gasteiger partial charge in [-0.3, -0.25) is 9.59 Å². The van der Waals surface area contributed by atoms with Gasteiger partial charge in [-0.25, -0.2) is 21.6 Å². The van der Waals surface area contributed by atoms with Crippen LogP contribution in [-0.2, 0) is 148 Å². The highest BCUT2D eigenvalue weighted by molar-refractivity contribution is 7.92. The number of carbonyl (C=O) groups excluding carboxylic acids is 3. The standard InChI is InChI=1S/C82H136O33S2/c1-72-8-16-77(17-9-72)116(86,87)70-76(71-117(88,89)78-18-10-73(2)11-19-78)81(85)75-14-12-74(13-15-75)79(83)7-6-20-90-21-22-91-23-24-92-25-26-93-27-28-94-29-30-95-31-32-96-33-34-97-35-36-98-37-38-99-39-40-100-41-42-101-43-44-102-45-46-103-47-48-104-49-50-105-51-52-106-53-54-107-55-56-108-57-58-109-59-60-110-61-62-111-63-64-112-65-66-113-67-68-114-69-80(84)115-82(3,4)5/h8-19,76H,6-7,20-71H2,1-5H3. The van der Waals surface area contributed by atoms with E-state index in [0.717, 1.165) is 11.1 Å². The summed E-state index contributed by atoms with van der Waals surface area (Å²) in [7, 11) is -8.09. The molecule has 0 aliphatic rings. The second-order valence-electron chi connectivity index (χ2n) is 26.7. The number of Topliss-reactive ketones (excluding diaryl/α,β-unsaturated/α-hetero) is 2. The van der Waals surface area contributed by atoms with E-state index in [1.165, 1.54) is 48.5 Å². The lowest BCUT2D eigenvalue weighted by molar-refractivity contribution is -0.160. The molecule has 0 saturated heterocycles. The fraction of sp³-hybridized carbons (Fsp3) is 0.744. The van der Waals surface area contributed by atoms with Crippen LogP contribution in [0.1, 0.15) is 65.5 Å². The van der Waals surface area contributed by atoms with Crippen LogP contribution in [0.5, 0.6) is 0 Å². The summed E-state index contributed by atoms with van der Waals surface area (Å²) >= 11 is 0. The molecule has 117 heavy (non-hydrogen) atoms. The van der Waals surface area contributed by atoms with E-state index >= 15 is 0 Å². The molecule has 33 nitrogen and oxygen atoms in total. The largest absolute Gasteiger partial charge is 0.458 e. The molecule has 3 rings (SSSR count). The van der Waals surface area contributed by atoms with Crippen LogP contribution in [0.2, 0.25) is 0 Å². The normalized spacial score (nSPS) is 12.1. The first-order valence-corrected chi connectivity index (χ1v) is 43.7. The van der Waals surface area contributed by atoms with Crippen LogP contribution in [0, 0.1) is 19.8 Å². The monoisotopic (exact) mass is 1710 g/mol. The van der Waals surface area contributed by atoms with Crippen molar-refractivity contribution in [3.63, 3.8) is 0 Å². The fourth-order valence-corrected chi connectivity index (χ4v) is 13.0. The third-order valence-corrected chi connectivity index (χ3v) is 19.4. The van der Waals surface area contributed by atoms with Gasteiger partial charge in [0.2, 0.25) is 0 Å². The summed E-state index contributed by atoms with van der Waals surface area (Å²) in [5.41, 5.74) is 1.64. The summed E-state index contributed by atoms with van der Waals surface area (Å²) in [4.78, 5) is 38.4. The Morgan fingerprint density at radius 3 is 0.658 bits per heavy atom. The zero-order chi connectivity index (χ0) is 84.3. The summed E-state index contributed by atoms with van der Waals surface area (Å²) < 4.78 is 197. The minimum atomic E-state index is -4.05. The molecular formula is C82H136O33S2. The molecular weight excluding hydrogens is 1580 g/mol. The molecule has 0 spiro atoms. The molecule has 0 radical (unpaired) electrons. The van der Waals surface area contributed by atoms with E-state index in [9.17, 15) is 31.2 Å². The van der Waals surface area contributed by atoms with E-state index in [-0.39, 0.29) is 34.2 Å². The van der Waals surface area contributed by atoms with Crippen molar-refractivity contribution in [2.75, 3.05) is 342 Å². The average molecular weight is 1710 g/mol. The summed E-state index contributed by atoms with van der Waals surface area (Å²) in [6, 6.07) is 18.2. The quantitative estimate of drug-likeness (QED) is 0.0367. The van der Waals surface area contributed by atoms with Gasteiger partial charge in [0.1, 0.15) is 12.2 Å². The number of ketones is 2. The number of ether oxygens (including phenoxy) is 26. The minimum absolute atomic E-state index is 0.00606. The zero-order valence-corrected chi connectivity index (χ0v) is 71.6. The van der Waals surface area contributed by atoms with Crippen LogP contribution >= 0.6 is 0 Å². The summed E-state index contributed by atoms with van der Waals surface area (Å²) in [6.07, 6.45) is 0.650. The van der Waals surface area contributed by atoms with Crippen molar-refractivity contribution < 1.29 is 154 Å². The number of rotatable bonds is 87. The Kier molecular flexibility index (Phi) is 67.4. The van der Waals surface area contributed by atoms with Crippen molar-refractivity contribution in [1.82, 2.24) is 0 Å². The number of aryl methyl sites for hydroxylation is 2. The van der Waals surface area contributed by atoms with Gasteiger partial charge in [-0.1, -0.05) is 59.7 Å². The van der Waals surface area contributed by atoms with Gasteiger partial charge >= 0.3 is 5.97 Å². The van der Waals surface area contributed by atoms with Gasteiger partial charge in [-0.05, 0) is 65.3 Å². The molecule has 0 heterocycles. The van der Waals surface area contributed by atoms with Crippen molar-refractivity contribution >= 4 is 37.2 Å². The molecule has 0 saturated carbocycles. The third-order valence-electron chi connectivity index (χ3n) is 15.7. The van der Waals surface area contributed by atoms with Gasteiger partial charge in [-0.15, -0.1) is 0 Å². The van der Waals surface area contributed by atoms with Crippen molar-refractivity contribution in [2.24, 2.45) is 5.92 Å². The predicted octanol–water partition coefficient (Wildman–Crippen LogP) is 5.77. The van der Waals surface area contributed by atoms with Crippen LogP contribution in [0.4, 0.5) is 0 Å². The molecule has 0 N–H and O–H groups in total. The minimum Gasteiger partial charge on any atom is -0.458 e. The highest BCUT2D eigenvalue weighted by atomic mass is 32.2. The van der Waals surface area contributed by atoms with E-state index in [1.54, 1.807) is 24.3 Å². The first-order chi connectivity index (χ1) is 57.0. The third kappa shape index (κ3) is 63.9. The molecule has 0 bridgehead atoms. The second-order valence-corrected chi connectivity index (χ2v) is 30.8. The Labute approximate surface area is 694 Å². The van der Waals surface area contributed by atoms with Crippen LogP contribution in [-0.4, -0.2) is 382 Å². The molecule has 0 atom stereocenters. The van der Waals surface area contributed by atoms with Gasteiger partial charge in [0.05, 0.1) is 344 Å². The van der Waals surface area contributed by atoms with Gasteiger partial charge in [-0.2, -0.15) is 0 Å². The first-order valence-electron chi connectivity index (χ1n) is 40.4. The van der Waals surface area contributed by atoms with E-state index in [1.807, 2.05) is 34.6 Å². The molecule has 0 amide bonds. The maximum atomic E-state index is 13.9. The molecule has 0 unspecified atom stereocenters. The topological polar surface area (TPSA) is 359 Å². The second kappa shape index (κ2) is 74.0. The lowest BCUT2D eigenvalue weighted by Gasteiger charge is -2.19. The fourth-order valence-electron chi connectivity index (χ4n) is 9.75. The molecule has 3 aromatic carbocycles. The van der Waals surface area contributed by atoms with Crippen LogP contribution in [0.15, 0.2) is 82.6 Å². The molecule has 0 aliphatic carbocycles. The predicted molar refractivity (Wildman–Crippen MR) is 431 cm³/mol. The molecule has 0 aliphatic heterocycles. The van der Waals surface area contributed by atoms with Crippen LogP contribution < -0.4 is 0 Å².